The number of halogens is 4. The van der Waals surface area contributed by atoms with Gasteiger partial charge in [0.2, 0.25) is 0 Å². The summed E-state index contributed by atoms with van der Waals surface area (Å²) in [6.07, 6.45) is -2.98. The van der Waals surface area contributed by atoms with Gasteiger partial charge in [-0.2, -0.15) is 17.6 Å². The molecule has 1 aliphatic rings. The second-order valence-electron chi connectivity index (χ2n) is 2.23. The molecule has 0 spiro atoms. The van der Waals surface area contributed by atoms with Gasteiger partial charge >= 0.3 is 11.8 Å². The number of rotatable bonds is 0. The highest BCUT2D eigenvalue weighted by atomic mass is 19.3. The van der Waals surface area contributed by atoms with Gasteiger partial charge < -0.3 is 5.11 Å². The first kappa shape index (κ1) is 7.78. The van der Waals surface area contributed by atoms with E-state index in [1.807, 2.05) is 0 Å². The van der Waals surface area contributed by atoms with E-state index < -0.39 is 30.8 Å². The van der Waals surface area contributed by atoms with Gasteiger partial charge in [-0.3, -0.25) is 0 Å². The van der Waals surface area contributed by atoms with E-state index in [-0.39, 0.29) is 0 Å². The summed E-state index contributed by atoms with van der Waals surface area (Å²) in [4.78, 5) is 0. The molecule has 59 valence electrons. The Hall–Kier alpha value is -0.320. The topological polar surface area (TPSA) is 20.2 Å². The highest BCUT2D eigenvalue weighted by Gasteiger charge is 2.66. The summed E-state index contributed by atoms with van der Waals surface area (Å²) in [5.74, 6) is -8.37. The molecule has 0 amide bonds. The van der Waals surface area contributed by atoms with Gasteiger partial charge in [0.1, 0.15) is 0 Å². The predicted octanol–water partition coefficient (Wildman–Crippen LogP) is 1.96. The minimum Gasteiger partial charge on any atom is -0.380 e. The molecule has 0 aromatic carbocycles. The standard InChI is InChI=1S/C5H5F4O/c6-4(7)2-1-3(10)5(4,8)9/h10H,1-2H2. The molecule has 0 aliphatic heterocycles. The van der Waals surface area contributed by atoms with Crippen LogP contribution in [0.3, 0.4) is 0 Å². The third kappa shape index (κ3) is 0.801. The smallest absolute Gasteiger partial charge is 0.341 e. The van der Waals surface area contributed by atoms with Crippen molar-refractivity contribution in [2.75, 3.05) is 0 Å². The maximum Gasteiger partial charge on any atom is 0.341 e. The summed E-state index contributed by atoms with van der Waals surface area (Å²) in [5.41, 5.74) is 0. The van der Waals surface area contributed by atoms with E-state index in [1.54, 1.807) is 0 Å². The molecule has 0 bridgehead atoms. The molecule has 0 saturated heterocycles. The highest BCUT2D eigenvalue weighted by Crippen LogP contribution is 2.50. The Labute approximate surface area is 54.6 Å². The number of alkyl halides is 4. The van der Waals surface area contributed by atoms with Crippen molar-refractivity contribution in [1.29, 1.82) is 0 Å². The van der Waals surface area contributed by atoms with E-state index in [4.69, 9.17) is 5.11 Å². The fourth-order valence-corrected chi connectivity index (χ4v) is 0.800. The SMILES string of the molecule is O[C]1CCC(F)(F)C1(F)F. The van der Waals surface area contributed by atoms with Crippen molar-refractivity contribution < 1.29 is 22.7 Å². The van der Waals surface area contributed by atoms with Crippen molar-refractivity contribution in [3.63, 3.8) is 0 Å². The summed E-state index contributed by atoms with van der Waals surface area (Å²) < 4.78 is 48.2. The van der Waals surface area contributed by atoms with Crippen LogP contribution in [0.25, 0.3) is 0 Å². The Bertz CT molecular complexity index is 145. The summed E-state index contributed by atoms with van der Waals surface area (Å²) in [6, 6.07) is 0. The van der Waals surface area contributed by atoms with E-state index in [0.717, 1.165) is 0 Å². The van der Waals surface area contributed by atoms with Gasteiger partial charge in [-0.1, -0.05) is 0 Å². The zero-order valence-corrected chi connectivity index (χ0v) is 4.87. The second-order valence-corrected chi connectivity index (χ2v) is 2.23. The molecule has 0 heterocycles. The third-order valence-corrected chi connectivity index (χ3v) is 1.50. The van der Waals surface area contributed by atoms with Crippen LogP contribution in [0.2, 0.25) is 0 Å². The van der Waals surface area contributed by atoms with Crippen molar-refractivity contribution in [3.05, 3.63) is 6.10 Å². The Morgan fingerprint density at radius 3 is 1.80 bits per heavy atom. The second kappa shape index (κ2) is 1.84. The third-order valence-electron chi connectivity index (χ3n) is 1.50. The lowest BCUT2D eigenvalue weighted by Gasteiger charge is -2.19. The van der Waals surface area contributed by atoms with Crippen LogP contribution in [0.1, 0.15) is 12.8 Å². The molecule has 5 heteroatoms. The summed E-state index contributed by atoms with van der Waals surface area (Å²) in [5, 5.41) is 8.28. The summed E-state index contributed by atoms with van der Waals surface area (Å²) >= 11 is 0. The Kier molecular flexibility index (Phi) is 1.43. The Balaban J connectivity index is 2.84. The largest absolute Gasteiger partial charge is 0.380 e. The van der Waals surface area contributed by atoms with E-state index in [0.29, 0.717) is 0 Å². The van der Waals surface area contributed by atoms with Crippen LogP contribution in [0.4, 0.5) is 17.6 Å². The maximum absolute atomic E-state index is 12.1. The number of hydrogen-bond acceptors (Lipinski definition) is 1. The van der Waals surface area contributed by atoms with E-state index in [9.17, 15) is 17.6 Å². The number of hydrogen-bond donors (Lipinski definition) is 1. The first-order valence-corrected chi connectivity index (χ1v) is 2.69. The zero-order valence-electron chi connectivity index (χ0n) is 4.87. The molecule has 0 aromatic heterocycles. The van der Waals surface area contributed by atoms with Crippen LogP contribution in [-0.4, -0.2) is 17.0 Å². The van der Waals surface area contributed by atoms with Gasteiger partial charge in [0.15, 0.2) is 6.10 Å². The van der Waals surface area contributed by atoms with Crippen LogP contribution < -0.4 is 0 Å². The van der Waals surface area contributed by atoms with Crippen LogP contribution >= 0.6 is 0 Å². The van der Waals surface area contributed by atoms with Gasteiger partial charge in [0.25, 0.3) is 0 Å². The Morgan fingerprint density at radius 2 is 1.70 bits per heavy atom. The molecule has 0 aromatic rings. The van der Waals surface area contributed by atoms with Gasteiger partial charge in [0, 0.05) is 6.42 Å². The van der Waals surface area contributed by atoms with Crippen molar-refractivity contribution in [2.24, 2.45) is 0 Å². The molecule has 1 N–H and O–H groups in total. The first-order chi connectivity index (χ1) is 4.38. The fraction of sp³-hybridized carbons (Fsp3) is 0.800. The summed E-state index contributed by atoms with van der Waals surface area (Å²) in [6.45, 7) is 0. The number of aliphatic hydroxyl groups excluding tert-OH is 1. The lowest BCUT2D eigenvalue weighted by molar-refractivity contribution is -0.193. The van der Waals surface area contributed by atoms with Crippen LogP contribution in [0.15, 0.2) is 0 Å². The highest BCUT2D eigenvalue weighted by molar-refractivity contribution is 5.09. The van der Waals surface area contributed by atoms with E-state index in [1.165, 1.54) is 0 Å². The molecular weight excluding hydrogens is 152 g/mol. The average molecular weight is 157 g/mol. The van der Waals surface area contributed by atoms with Crippen molar-refractivity contribution in [2.45, 2.75) is 24.7 Å². The molecule has 1 radical (unpaired) electrons. The molecule has 1 nitrogen and oxygen atoms in total. The Morgan fingerprint density at radius 1 is 1.20 bits per heavy atom. The molecule has 0 atom stereocenters. The van der Waals surface area contributed by atoms with Crippen LogP contribution in [0.5, 0.6) is 0 Å². The molecule has 1 fully saturated rings. The van der Waals surface area contributed by atoms with E-state index >= 15 is 0 Å². The fourth-order valence-electron chi connectivity index (χ4n) is 0.800. The lowest BCUT2D eigenvalue weighted by atomic mass is 10.2. The molecular formula is C5H5F4O. The van der Waals surface area contributed by atoms with Crippen LogP contribution in [0, 0.1) is 6.10 Å². The van der Waals surface area contributed by atoms with Crippen molar-refractivity contribution in [3.8, 4) is 0 Å². The lowest BCUT2D eigenvalue weighted by Crippen LogP contribution is -2.38. The van der Waals surface area contributed by atoms with E-state index in [2.05, 4.69) is 0 Å². The quantitative estimate of drug-likeness (QED) is 0.533. The van der Waals surface area contributed by atoms with Crippen molar-refractivity contribution in [1.82, 2.24) is 0 Å². The number of aliphatic hydroxyl groups is 1. The molecule has 1 rings (SSSR count). The van der Waals surface area contributed by atoms with Crippen LogP contribution in [-0.2, 0) is 0 Å². The average Bonchev–Trinajstić information content (AvgIpc) is 1.94. The van der Waals surface area contributed by atoms with Gasteiger partial charge in [0.05, 0.1) is 0 Å². The normalized spacial score (nSPS) is 30.9. The van der Waals surface area contributed by atoms with Crippen molar-refractivity contribution >= 4 is 0 Å². The molecule has 10 heavy (non-hydrogen) atoms. The minimum atomic E-state index is -4.31. The monoisotopic (exact) mass is 157 g/mol. The maximum atomic E-state index is 12.1. The zero-order chi connectivity index (χ0) is 7.99. The summed E-state index contributed by atoms with van der Waals surface area (Å²) in [7, 11) is 0. The predicted molar refractivity (Wildman–Crippen MR) is 24.3 cm³/mol. The minimum absolute atomic E-state index is 0.611. The molecule has 1 saturated carbocycles. The van der Waals surface area contributed by atoms with Gasteiger partial charge in [-0.15, -0.1) is 0 Å². The molecule has 0 unspecified atom stereocenters. The first-order valence-electron chi connectivity index (χ1n) is 2.69. The van der Waals surface area contributed by atoms with Gasteiger partial charge in [-0.25, -0.2) is 0 Å². The van der Waals surface area contributed by atoms with Gasteiger partial charge in [-0.05, 0) is 6.42 Å². The molecule has 1 aliphatic carbocycles.